The van der Waals surface area contributed by atoms with E-state index < -0.39 is 0 Å². The first kappa shape index (κ1) is 21.1. The Balaban J connectivity index is 0.00000288. The number of nitrogens with one attached hydrogen (secondary N) is 2. The zero-order chi connectivity index (χ0) is 16.7. The summed E-state index contributed by atoms with van der Waals surface area (Å²) >= 11 is 0. The topological polar surface area (TPSA) is 79.6 Å². The van der Waals surface area contributed by atoms with E-state index in [1.807, 2.05) is 7.05 Å². The standard InChI is InChI=1S/C15H29N7O.HI/c1-12(2)13(22-5-7-23-8-6-22)9-17-15(16-3)18-10-14-19-11-20-21(14)4;/h11-13H,5-10H2,1-4H3,(H2,16,17,18);1H. The van der Waals surface area contributed by atoms with Crippen LogP contribution in [0.15, 0.2) is 11.3 Å². The fourth-order valence-corrected chi connectivity index (χ4v) is 2.76. The zero-order valence-corrected chi connectivity index (χ0v) is 17.4. The summed E-state index contributed by atoms with van der Waals surface area (Å²) in [4.78, 5) is 11.0. The van der Waals surface area contributed by atoms with Crippen LogP contribution in [-0.4, -0.2) is 71.6 Å². The number of aromatic nitrogens is 3. The third-order valence-electron chi connectivity index (χ3n) is 4.21. The summed E-state index contributed by atoms with van der Waals surface area (Å²) in [6.45, 7) is 9.61. The monoisotopic (exact) mass is 451 g/mol. The molecule has 2 heterocycles. The van der Waals surface area contributed by atoms with Crippen molar-refractivity contribution < 1.29 is 4.74 Å². The van der Waals surface area contributed by atoms with E-state index >= 15 is 0 Å². The Bertz CT molecular complexity index is 500. The highest BCUT2D eigenvalue weighted by Crippen LogP contribution is 2.12. The molecule has 0 spiro atoms. The van der Waals surface area contributed by atoms with Crippen LogP contribution in [0, 0.1) is 5.92 Å². The van der Waals surface area contributed by atoms with Crippen molar-refractivity contribution in [3.8, 4) is 0 Å². The smallest absolute Gasteiger partial charge is 0.191 e. The molecular formula is C15H30IN7O. The van der Waals surface area contributed by atoms with Gasteiger partial charge in [0.1, 0.15) is 12.2 Å². The minimum atomic E-state index is 0. The van der Waals surface area contributed by atoms with Crippen LogP contribution in [0.25, 0.3) is 0 Å². The molecule has 1 saturated heterocycles. The molecule has 0 amide bonds. The van der Waals surface area contributed by atoms with Crippen molar-refractivity contribution >= 4 is 29.9 Å². The predicted octanol–water partition coefficient (Wildman–Crippen LogP) is 0.455. The fourth-order valence-electron chi connectivity index (χ4n) is 2.76. The van der Waals surface area contributed by atoms with Gasteiger partial charge in [-0.05, 0) is 5.92 Å². The molecule has 1 aliphatic rings. The van der Waals surface area contributed by atoms with E-state index in [1.54, 1.807) is 18.1 Å². The lowest BCUT2D eigenvalue weighted by Crippen LogP contribution is -2.52. The van der Waals surface area contributed by atoms with E-state index in [0.29, 0.717) is 18.5 Å². The lowest BCUT2D eigenvalue weighted by Gasteiger charge is -2.37. The van der Waals surface area contributed by atoms with Crippen LogP contribution in [-0.2, 0) is 18.3 Å². The Morgan fingerprint density at radius 1 is 1.33 bits per heavy atom. The average Bonchev–Trinajstić information content (AvgIpc) is 2.96. The Hall–Kier alpha value is -0.940. The molecule has 0 saturated carbocycles. The Morgan fingerprint density at radius 2 is 2.04 bits per heavy atom. The van der Waals surface area contributed by atoms with Gasteiger partial charge in [-0.25, -0.2) is 4.98 Å². The maximum atomic E-state index is 5.45. The molecule has 1 atom stereocenters. The van der Waals surface area contributed by atoms with Gasteiger partial charge in [0, 0.05) is 39.8 Å². The van der Waals surface area contributed by atoms with Gasteiger partial charge in [-0.2, -0.15) is 5.10 Å². The van der Waals surface area contributed by atoms with Gasteiger partial charge in [0.25, 0.3) is 0 Å². The molecule has 138 valence electrons. The molecule has 24 heavy (non-hydrogen) atoms. The summed E-state index contributed by atoms with van der Waals surface area (Å²) in [5.74, 6) is 2.23. The maximum absolute atomic E-state index is 5.45. The number of rotatable bonds is 6. The highest BCUT2D eigenvalue weighted by atomic mass is 127. The average molecular weight is 451 g/mol. The molecule has 8 nitrogen and oxygen atoms in total. The molecule has 2 rings (SSSR count). The second-order valence-electron chi connectivity index (χ2n) is 6.07. The Morgan fingerprint density at radius 3 is 2.58 bits per heavy atom. The lowest BCUT2D eigenvalue weighted by molar-refractivity contribution is 0.00752. The van der Waals surface area contributed by atoms with Crippen molar-refractivity contribution in [2.45, 2.75) is 26.4 Å². The minimum absolute atomic E-state index is 0. The van der Waals surface area contributed by atoms with Crippen LogP contribution < -0.4 is 10.6 Å². The summed E-state index contributed by atoms with van der Waals surface area (Å²) in [7, 11) is 3.67. The van der Waals surface area contributed by atoms with Gasteiger partial charge < -0.3 is 15.4 Å². The number of aliphatic imine (C=N–C) groups is 1. The number of ether oxygens (including phenoxy) is 1. The summed E-state index contributed by atoms with van der Waals surface area (Å²) in [6, 6.07) is 0.465. The van der Waals surface area contributed by atoms with Gasteiger partial charge in [0.05, 0.1) is 19.8 Å². The number of aryl methyl sites for hydroxylation is 1. The highest BCUT2D eigenvalue weighted by Gasteiger charge is 2.23. The van der Waals surface area contributed by atoms with E-state index in [-0.39, 0.29) is 24.0 Å². The molecular weight excluding hydrogens is 421 g/mol. The summed E-state index contributed by atoms with van der Waals surface area (Å²) < 4.78 is 7.21. The number of morpholine rings is 1. The first-order valence-electron chi connectivity index (χ1n) is 8.21. The third-order valence-corrected chi connectivity index (χ3v) is 4.21. The van der Waals surface area contributed by atoms with Crippen LogP contribution in [0.3, 0.4) is 0 Å². The molecule has 0 aliphatic carbocycles. The van der Waals surface area contributed by atoms with Crippen LogP contribution >= 0.6 is 24.0 Å². The zero-order valence-electron chi connectivity index (χ0n) is 15.0. The van der Waals surface area contributed by atoms with Crippen LogP contribution in [0.1, 0.15) is 19.7 Å². The minimum Gasteiger partial charge on any atom is -0.379 e. The van der Waals surface area contributed by atoms with E-state index in [4.69, 9.17) is 4.74 Å². The lowest BCUT2D eigenvalue weighted by atomic mass is 10.0. The van der Waals surface area contributed by atoms with E-state index in [9.17, 15) is 0 Å². The van der Waals surface area contributed by atoms with E-state index in [2.05, 4.69) is 44.5 Å². The van der Waals surface area contributed by atoms with Gasteiger partial charge in [0.2, 0.25) is 0 Å². The molecule has 9 heteroatoms. The number of nitrogens with zero attached hydrogens (tertiary/aromatic N) is 5. The summed E-state index contributed by atoms with van der Waals surface area (Å²) in [6.07, 6.45) is 1.56. The number of hydrogen-bond donors (Lipinski definition) is 2. The summed E-state index contributed by atoms with van der Waals surface area (Å²) in [5, 5.41) is 10.8. The van der Waals surface area contributed by atoms with Crippen LogP contribution in [0.2, 0.25) is 0 Å². The molecule has 1 fully saturated rings. The van der Waals surface area contributed by atoms with Crippen molar-refractivity contribution in [2.75, 3.05) is 39.9 Å². The Kier molecular flexibility index (Phi) is 9.52. The van der Waals surface area contributed by atoms with Gasteiger partial charge in [-0.3, -0.25) is 14.6 Å². The largest absolute Gasteiger partial charge is 0.379 e. The van der Waals surface area contributed by atoms with Gasteiger partial charge in [0.15, 0.2) is 5.96 Å². The second kappa shape index (κ2) is 10.8. The molecule has 1 unspecified atom stereocenters. The first-order chi connectivity index (χ1) is 11.1. The number of halogens is 1. The number of guanidine groups is 1. The molecule has 1 aliphatic heterocycles. The first-order valence-corrected chi connectivity index (χ1v) is 8.21. The molecule has 2 N–H and O–H groups in total. The predicted molar refractivity (Wildman–Crippen MR) is 106 cm³/mol. The molecule has 0 bridgehead atoms. The molecule has 0 radical (unpaired) electrons. The van der Waals surface area contributed by atoms with Crippen LogP contribution in [0.5, 0.6) is 0 Å². The van der Waals surface area contributed by atoms with E-state index in [0.717, 1.165) is 44.6 Å². The van der Waals surface area contributed by atoms with Gasteiger partial charge >= 0.3 is 0 Å². The van der Waals surface area contributed by atoms with Crippen molar-refractivity contribution in [1.29, 1.82) is 0 Å². The molecule has 0 aromatic carbocycles. The second-order valence-corrected chi connectivity index (χ2v) is 6.07. The molecule has 1 aromatic heterocycles. The van der Waals surface area contributed by atoms with Crippen molar-refractivity contribution in [3.05, 3.63) is 12.2 Å². The van der Waals surface area contributed by atoms with Crippen molar-refractivity contribution in [2.24, 2.45) is 18.0 Å². The number of hydrogen-bond acceptors (Lipinski definition) is 5. The summed E-state index contributed by atoms with van der Waals surface area (Å²) in [5.41, 5.74) is 0. The van der Waals surface area contributed by atoms with Crippen molar-refractivity contribution in [3.63, 3.8) is 0 Å². The van der Waals surface area contributed by atoms with Crippen LogP contribution in [0.4, 0.5) is 0 Å². The fraction of sp³-hybridized carbons (Fsp3) is 0.800. The molecule has 1 aromatic rings. The normalized spacial score (nSPS) is 17.5. The quantitative estimate of drug-likeness (QED) is 0.372. The van der Waals surface area contributed by atoms with Gasteiger partial charge in [-0.1, -0.05) is 13.8 Å². The highest BCUT2D eigenvalue weighted by molar-refractivity contribution is 14.0. The maximum Gasteiger partial charge on any atom is 0.191 e. The van der Waals surface area contributed by atoms with Gasteiger partial charge in [-0.15, -0.1) is 24.0 Å². The third kappa shape index (κ3) is 6.17. The van der Waals surface area contributed by atoms with Crippen molar-refractivity contribution in [1.82, 2.24) is 30.3 Å². The van der Waals surface area contributed by atoms with E-state index in [1.165, 1.54) is 0 Å². The Labute approximate surface area is 161 Å². The SMILES string of the molecule is CN=C(NCc1ncnn1C)NCC(C(C)C)N1CCOCC1.I.